The summed E-state index contributed by atoms with van der Waals surface area (Å²) in [5, 5.41) is 9.51. The van der Waals surface area contributed by atoms with Crippen LogP contribution >= 0.6 is 0 Å². The zero-order valence-electron chi connectivity index (χ0n) is 9.79. The van der Waals surface area contributed by atoms with Crippen molar-refractivity contribution in [1.82, 2.24) is 0 Å². The molecule has 1 aliphatic rings. The molecule has 2 unspecified atom stereocenters. The van der Waals surface area contributed by atoms with Crippen molar-refractivity contribution in [1.29, 1.82) is 0 Å². The van der Waals surface area contributed by atoms with Gasteiger partial charge in [0.2, 0.25) is 0 Å². The molecule has 0 spiro atoms. The number of aliphatic hydroxyl groups is 1. The molecule has 14 heavy (non-hydrogen) atoms. The van der Waals surface area contributed by atoms with Crippen molar-refractivity contribution < 1.29 is 5.11 Å². The molecule has 82 valence electrons. The first-order valence-corrected chi connectivity index (χ1v) is 5.86. The van der Waals surface area contributed by atoms with E-state index >= 15 is 0 Å². The van der Waals surface area contributed by atoms with Gasteiger partial charge in [0.25, 0.3) is 0 Å². The van der Waals surface area contributed by atoms with Crippen LogP contribution in [0.15, 0.2) is 12.2 Å². The van der Waals surface area contributed by atoms with Crippen molar-refractivity contribution in [2.45, 2.75) is 58.5 Å². The highest BCUT2D eigenvalue weighted by Crippen LogP contribution is 2.33. The highest BCUT2D eigenvalue weighted by atomic mass is 16.3. The molecule has 1 saturated carbocycles. The maximum atomic E-state index is 9.51. The Balaban J connectivity index is 2.19. The molecule has 0 radical (unpaired) electrons. The normalized spacial score (nSPS) is 28.9. The molecule has 2 atom stereocenters. The summed E-state index contributed by atoms with van der Waals surface area (Å²) in [7, 11) is 0. The Labute approximate surface area is 88.2 Å². The molecule has 0 aliphatic heterocycles. The number of allylic oxidation sites excluding steroid dienone is 1. The van der Waals surface area contributed by atoms with Gasteiger partial charge < -0.3 is 5.11 Å². The Morgan fingerprint density at radius 1 is 1.29 bits per heavy atom. The van der Waals surface area contributed by atoms with E-state index in [4.69, 9.17) is 0 Å². The van der Waals surface area contributed by atoms with Gasteiger partial charge in [-0.05, 0) is 44.9 Å². The second-order valence-electron chi connectivity index (χ2n) is 5.39. The van der Waals surface area contributed by atoms with Crippen molar-refractivity contribution in [2.24, 2.45) is 11.8 Å². The van der Waals surface area contributed by atoms with E-state index < -0.39 is 5.60 Å². The fourth-order valence-corrected chi connectivity index (χ4v) is 2.22. The van der Waals surface area contributed by atoms with Crippen LogP contribution in [0.5, 0.6) is 0 Å². The van der Waals surface area contributed by atoms with Gasteiger partial charge in [0.15, 0.2) is 0 Å². The van der Waals surface area contributed by atoms with Crippen molar-refractivity contribution in [2.75, 3.05) is 0 Å². The zero-order chi connectivity index (χ0) is 10.6. The van der Waals surface area contributed by atoms with Crippen LogP contribution in [-0.4, -0.2) is 10.7 Å². The molecular weight excluding hydrogens is 172 g/mol. The quantitative estimate of drug-likeness (QED) is 0.682. The molecule has 1 aliphatic carbocycles. The zero-order valence-corrected chi connectivity index (χ0v) is 9.79. The Hall–Kier alpha value is -0.300. The molecule has 1 nitrogen and oxygen atoms in total. The Bertz CT molecular complexity index is 188. The maximum absolute atomic E-state index is 9.51. The Morgan fingerprint density at radius 3 is 2.50 bits per heavy atom. The third-order valence-electron chi connectivity index (χ3n) is 3.26. The van der Waals surface area contributed by atoms with Gasteiger partial charge in [-0.15, -0.1) is 0 Å². The minimum Gasteiger partial charge on any atom is -0.390 e. The molecule has 0 aromatic rings. The van der Waals surface area contributed by atoms with Gasteiger partial charge in [0.05, 0.1) is 5.60 Å². The lowest BCUT2D eigenvalue weighted by molar-refractivity contribution is 0.0838. The summed E-state index contributed by atoms with van der Waals surface area (Å²) in [6.07, 6.45) is 10.6. The Morgan fingerprint density at radius 2 is 2.00 bits per heavy atom. The molecular formula is C13H24O. The van der Waals surface area contributed by atoms with Crippen LogP contribution < -0.4 is 0 Å². The van der Waals surface area contributed by atoms with Crippen LogP contribution in [0.25, 0.3) is 0 Å². The van der Waals surface area contributed by atoms with Crippen molar-refractivity contribution in [3.8, 4) is 0 Å². The van der Waals surface area contributed by atoms with Gasteiger partial charge in [0.1, 0.15) is 0 Å². The standard InChI is InChI=1S/C13H24O/c1-11-7-6-9-12(11)8-4-5-10-13(2,3)14/h4-5,11-12,14H,6-10H2,1-3H3/b5-4-. The minimum atomic E-state index is -0.544. The van der Waals surface area contributed by atoms with Crippen molar-refractivity contribution in [3.05, 3.63) is 12.2 Å². The summed E-state index contributed by atoms with van der Waals surface area (Å²) < 4.78 is 0. The first kappa shape index (κ1) is 11.8. The molecule has 1 heteroatoms. The van der Waals surface area contributed by atoms with Gasteiger partial charge in [-0.1, -0.05) is 31.9 Å². The second kappa shape index (κ2) is 4.97. The molecule has 0 aromatic heterocycles. The average Bonchev–Trinajstić information content (AvgIpc) is 2.44. The molecule has 0 bridgehead atoms. The van der Waals surface area contributed by atoms with Crippen LogP contribution in [0.4, 0.5) is 0 Å². The van der Waals surface area contributed by atoms with Gasteiger partial charge >= 0.3 is 0 Å². The number of hydrogen-bond donors (Lipinski definition) is 1. The fraction of sp³-hybridized carbons (Fsp3) is 0.846. The molecule has 1 fully saturated rings. The third-order valence-corrected chi connectivity index (χ3v) is 3.26. The van der Waals surface area contributed by atoms with Crippen LogP contribution in [-0.2, 0) is 0 Å². The summed E-state index contributed by atoms with van der Waals surface area (Å²) in [6.45, 7) is 6.08. The summed E-state index contributed by atoms with van der Waals surface area (Å²) in [5.74, 6) is 1.80. The smallest absolute Gasteiger partial charge is 0.0626 e. The van der Waals surface area contributed by atoms with Crippen LogP contribution in [0.2, 0.25) is 0 Å². The van der Waals surface area contributed by atoms with Crippen molar-refractivity contribution >= 4 is 0 Å². The topological polar surface area (TPSA) is 20.2 Å². The molecule has 0 saturated heterocycles. The van der Waals surface area contributed by atoms with E-state index in [9.17, 15) is 5.11 Å². The van der Waals surface area contributed by atoms with Crippen molar-refractivity contribution in [3.63, 3.8) is 0 Å². The Kier molecular flexibility index (Phi) is 4.18. The van der Waals surface area contributed by atoms with E-state index in [0.717, 1.165) is 18.3 Å². The van der Waals surface area contributed by atoms with Crippen LogP contribution in [0, 0.1) is 11.8 Å². The predicted molar refractivity (Wildman–Crippen MR) is 61.2 cm³/mol. The summed E-state index contributed by atoms with van der Waals surface area (Å²) in [4.78, 5) is 0. The lowest BCUT2D eigenvalue weighted by atomic mass is 9.94. The van der Waals surface area contributed by atoms with Gasteiger partial charge in [-0.2, -0.15) is 0 Å². The summed E-state index contributed by atoms with van der Waals surface area (Å²) >= 11 is 0. The van der Waals surface area contributed by atoms with E-state index in [1.165, 1.54) is 25.7 Å². The van der Waals surface area contributed by atoms with Gasteiger partial charge in [-0.3, -0.25) is 0 Å². The average molecular weight is 196 g/mol. The predicted octanol–water partition coefficient (Wildman–Crippen LogP) is 3.53. The molecule has 0 amide bonds. The number of hydrogen-bond acceptors (Lipinski definition) is 1. The van der Waals surface area contributed by atoms with E-state index in [0.29, 0.717) is 0 Å². The van der Waals surface area contributed by atoms with Crippen LogP contribution in [0.3, 0.4) is 0 Å². The highest BCUT2D eigenvalue weighted by Gasteiger charge is 2.21. The van der Waals surface area contributed by atoms with E-state index in [1.54, 1.807) is 0 Å². The first-order valence-electron chi connectivity index (χ1n) is 5.86. The van der Waals surface area contributed by atoms with Gasteiger partial charge in [-0.25, -0.2) is 0 Å². The third kappa shape index (κ3) is 4.28. The number of rotatable bonds is 4. The lowest BCUT2D eigenvalue weighted by Crippen LogP contribution is -2.16. The van der Waals surface area contributed by atoms with E-state index in [1.807, 2.05) is 13.8 Å². The molecule has 0 heterocycles. The molecule has 1 N–H and O–H groups in total. The highest BCUT2D eigenvalue weighted by molar-refractivity contribution is 4.90. The minimum absolute atomic E-state index is 0.544. The molecule has 1 rings (SSSR count). The SMILES string of the molecule is CC1CCCC1C/C=C\CC(C)(C)O. The largest absolute Gasteiger partial charge is 0.390 e. The second-order valence-corrected chi connectivity index (χ2v) is 5.39. The lowest BCUT2D eigenvalue weighted by Gasteiger charge is -2.15. The first-order chi connectivity index (χ1) is 6.49. The maximum Gasteiger partial charge on any atom is 0.0626 e. The van der Waals surface area contributed by atoms with Crippen LogP contribution in [0.1, 0.15) is 52.9 Å². The van der Waals surface area contributed by atoms with E-state index in [2.05, 4.69) is 19.1 Å². The fourth-order valence-electron chi connectivity index (χ4n) is 2.22. The monoisotopic (exact) mass is 196 g/mol. The summed E-state index contributed by atoms with van der Waals surface area (Å²) in [6, 6.07) is 0. The molecule has 0 aromatic carbocycles. The van der Waals surface area contributed by atoms with Gasteiger partial charge in [0, 0.05) is 0 Å². The summed E-state index contributed by atoms with van der Waals surface area (Å²) in [5.41, 5.74) is -0.544. The van der Waals surface area contributed by atoms with E-state index in [-0.39, 0.29) is 0 Å².